The number of hydrogen-bond acceptors (Lipinski definition) is 5. The van der Waals surface area contributed by atoms with Crippen molar-refractivity contribution >= 4 is 12.0 Å². The molecule has 0 saturated carbocycles. The van der Waals surface area contributed by atoms with Gasteiger partial charge in [-0.1, -0.05) is 6.07 Å². The first kappa shape index (κ1) is 20.1. The SMILES string of the molecule is COc1ccc(/C=C/C(=O)NCc2cc(OC)c(OC)cc2OC)cc1F. The first-order chi connectivity index (χ1) is 13.0. The largest absolute Gasteiger partial charge is 0.496 e. The third kappa shape index (κ3) is 5.13. The molecule has 0 heterocycles. The van der Waals surface area contributed by atoms with Crippen molar-refractivity contribution in [2.75, 3.05) is 28.4 Å². The van der Waals surface area contributed by atoms with Gasteiger partial charge in [-0.05, 0) is 29.8 Å². The van der Waals surface area contributed by atoms with E-state index in [0.717, 1.165) is 5.56 Å². The lowest BCUT2D eigenvalue weighted by atomic mass is 10.1. The summed E-state index contributed by atoms with van der Waals surface area (Å²) in [5.74, 6) is 0.960. The summed E-state index contributed by atoms with van der Waals surface area (Å²) in [6, 6.07) is 7.88. The van der Waals surface area contributed by atoms with Gasteiger partial charge in [0.25, 0.3) is 0 Å². The number of carbonyl (C=O) groups excluding carboxylic acids is 1. The van der Waals surface area contributed by atoms with Crippen LogP contribution < -0.4 is 24.3 Å². The lowest BCUT2D eigenvalue weighted by Gasteiger charge is -2.14. The van der Waals surface area contributed by atoms with E-state index >= 15 is 0 Å². The van der Waals surface area contributed by atoms with Gasteiger partial charge in [0.1, 0.15) is 5.75 Å². The van der Waals surface area contributed by atoms with E-state index in [1.54, 1.807) is 18.2 Å². The van der Waals surface area contributed by atoms with Crippen LogP contribution >= 0.6 is 0 Å². The fraction of sp³-hybridized carbons (Fsp3) is 0.250. The van der Waals surface area contributed by atoms with Gasteiger partial charge in [0.2, 0.25) is 5.91 Å². The monoisotopic (exact) mass is 375 g/mol. The first-order valence-electron chi connectivity index (χ1n) is 8.10. The van der Waals surface area contributed by atoms with Crippen molar-refractivity contribution in [2.24, 2.45) is 0 Å². The minimum Gasteiger partial charge on any atom is -0.496 e. The summed E-state index contributed by atoms with van der Waals surface area (Å²) in [5.41, 5.74) is 1.28. The molecule has 27 heavy (non-hydrogen) atoms. The maximum Gasteiger partial charge on any atom is 0.244 e. The maximum absolute atomic E-state index is 13.7. The molecule has 2 aromatic carbocycles. The molecule has 0 atom stereocenters. The summed E-state index contributed by atoms with van der Waals surface area (Å²) < 4.78 is 34.3. The summed E-state index contributed by atoms with van der Waals surface area (Å²) in [7, 11) is 5.99. The molecule has 144 valence electrons. The van der Waals surface area contributed by atoms with Gasteiger partial charge < -0.3 is 24.3 Å². The van der Waals surface area contributed by atoms with Gasteiger partial charge in [-0.3, -0.25) is 4.79 Å². The van der Waals surface area contributed by atoms with Gasteiger partial charge in [0.15, 0.2) is 23.1 Å². The Morgan fingerprint density at radius 3 is 2.15 bits per heavy atom. The predicted molar refractivity (Wildman–Crippen MR) is 99.9 cm³/mol. The third-order valence-corrected chi connectivity index (χ3v) is 3.84. The van der Waals surface area contributed by atoms with Crippen LogP contribution in [0.5, 0.6) is 23.0 Å². The molecule has 0 saturated heterocycles. The van der Waals surface area contributed by atoms with E-state index in [-0.39, 0.29) is 18.2 Å². The number of carbonyl (C=O) groups is 1. The van der Waals surface area contributed by atoms with E-state index in [1.807, 2.05) is 0 Å². The van der Waals surface area contributed by atoms with Crippen LogP contribution in [0.3, 0.4) is 0 Å². The van der Waals surface area contributed by atoms with E-state index in [2.05, 4.69) is 5.32 Å². The van der Waals surface area contributed by atoms with E-state index < -0.39 is 5.82 Å². The minimum absolute atomic E-state index is 0.150. The molecule has 0 radical (unpaired) electrons. The minimum atomic E-state index is -0.491. The Labute approximate surface area is 157 Å². The van der Waals surface area contributed by atoms with Crippen LogP contribution in [0, 0.1) is 5.82 Å². The quantitative estimate of drug-likeness (QED) is 0.718. The van der Waals surface area contributed by atoms with Gasteiger partial charge in [-0.2, -0.15) is 0 Å². The standard InChI is InChI=1S/C20H22FNO5/c1-24-16-7-5-13(9-15(16)21)6-8-20(23)22-12-14-10-18(26-3)19(27-4)11-17(14)25-2/h5-11H,12H2,1-4H3,(H,22,23)/b8-6+. The Hall–Kier alpha value is -3.22. The van der Waals surface area contributed by atoms with E-state index in [0.29, 0.717) is 22.8 Å². The smallest absolute Gasteiger partial charge is 0.244 e. The average molecular weight is 375 g/mol. The molecule has 7 heteroatoms. The van der Waals surface area contributed by atoms with Crippen LogP contribution in [-0.4, -0.2) is 34.3 Å². The Bertz CT molecular complexity index is 835. The summed E-state index contributed by atoms with van der Waals surface area (Å²) in [4.78, 5) is 12.1. The average Bonchev–Trinajstić information content (AvgIpc) is 2.69. The second-order valence-electron chi connectivity index (χ2n) is 5.46. The number of ether oxygens (including phenoxy) is 4. The fourth-order valence-corrected chi connectivity index (χ4v) is 2.43. The van der Waals surface area contributed by atoms with Gasteiger partial charge >= 0.3 is 0 Å². The molecule has 0 unspecified atom stereocenters. The number of nitrogens with one attached hydrogen (secondary N) is 1. The molecule has 0 spiro atoms. The number of amides is 1. The molecular formula is C20H22FNO5. The van der Waals surface area contributed by atoms with Gasteiger partial charge in [0.05, 0.1) is 28.4 Å². The van der Waals surface area contributed by atoms with Crippen molar-refractivity contribution in [1.82, 2.24) is 5.32 Å². The summed E-state index contributed by atoms with van der Waals surface area (Å²) >= 11 is 0. The molecule has 0 fully saturated rings. The Morgan fingerprint density at radius 1 is 0.926 bits per heavy atom. The van der Waals surface area contributed by atoms with Crippen molar-refractivity contribution in [2.45, 2.75) is 6.54 Å². The van der Waals surface area contributed by atoms with Crippen LogP contribution in [0.2, 0.25) is 0 Å². The number of halogens is 1. The molecule has 1 N–H and O–H groups in total. The summed E-state index contributed by atoms with van der Waals surface area (Å²) in [6.07, 6.45) is 2.85. The first-order valence-corrected chi connectivity index (χ1v) is 8.10. The van der Waals surface area contributed by atoms with Crippen molar-refractivity contribution in [3.8, 4) is 23.0 Å². The zero-order valence-electron chi connectivity index (χ0n) is 15.7. The zero-order chi connectivity index (χ0) is 19.8. The number of hydrogen-bond donors (Lipinski definition) is 1. The third-order valence-electron chi connectivity index (χ3n) is 3.84. The Morgan fingerprint density at radius 2 is 1.56 bits per heavy atom. The molecule has 2 aromatic rings. The van der Waals surface area contributed by atoms with Crippen LogP contribution in [-0.2, 0) is 11.3 Å². The zero-order valence-corrected chi connectivity index (χ0v) is 15.7. The lowest BCUT2D eigenvalue weighted by Crippen LogP contribution is -2.20. The van der Waals surface area contributed by atoms with Crippen molar-refractivity contribution < 1.29 is 28.1 Å². The molecule has 0 aromatic heterocycles. The molecule has 0 aliphatic rings. The summed E-state index contributed by atoms with van der Waals surface area (Å²) in [5, 5.41) is 2.75. The van der Waals surface area contributed by atoms with Crippen molar-refractivity contribution in [1.29, 1.82) is 0 Å². The molecule has 1 amide bonds. The molecular weight excluding hydrogens is 353 g/mol. The summed E-state index contributed by atoms with van der Waals surface area (Å²) in [6.45, 7) is 0.226. The highest BCUT2D eigenvalue weighted by molar-refractivity contribution is 5.91. The van der Waals surface area contributed by atoms with Crippen LogP contribution in [0.1, 0.15) is 11.1 Å². The Kier molecular flexibility index (Phi) is 7.05. The highest BCUT2D eigenvalue weighted by Gasteiger charge is 2.12. The van der Waals surface area contributed by atoms with E-state index in [9.17, 15) is 9.18 Å². The lowest BCUT2D eigenvalue weighted by molar-refractivity contribution is -0.116. The van der Waals surface area contributed by atoms with Crippen LogP contribution in [0.25, 0.3) is 6.08 Å². The highest BCUT2D eigenvalue weighted by atomic mass is 19.1. The number of methoxy groups -OCH3 is 4. The van der Waals surface area contributed by atoms with Crippen molar-refractivity contribution in [3.05, 3.63) is 53.4 Å². The Balaban J connectivity index is 2.05. The van der Waals surface area contributed by atoms with Gasteiger partial charge in [-0.25, -0.2) is 4.39 Å². The van der Waals surface area contributed by atoms with Crippen LogP contribution in [0.15, 0.2) is 36.4 Å². The van der Waals surface area contributed by atoms with E-state index in [1.165, 1.54) is 52.7 Å². The topological polar surface area (TPSA) is 66.0 Å². The second kappa shape index (κ2) is 9.47. The van der Waals surface area contributed by atoms with Gasteiger partial charge in [-0.15, -0.1) is 0 Å². The molecule has 2 rings (SSSR count). The second-order valence-corrected chi connectivity index (χ2v) is 5.46. The molecule has 6 nitrogen and oxygen atoms in total. The number of rotatable bonds is 8. The van der Waals surface area contributed by atoms with Gasteiger partial charge in [0, 0.05) is 24.3 Å². The highest BCUT2D eigenvalue weighted by Crippen LogP contribution is 2.34. The molecule has 0 bridgehead atoms. The molecule has 0 aliphatic carbocycles. The van der Waals surface area contributed by atoms with Crippen molar-refractivity contribution in [3.63, 3.8) is 0 Å². The molecule has 0 aliphatic heterocycles. The van der Waals surface area contributed by atoms with Crippen LogP contribution in [0.4, 0.5) is 4.39 Å². The normalized spacial score (nSPS) is 10.6. The van der Waals surface area contributed by atoms with E-state index in [4.69, 9.17) is 18.9 Å². The fourth-order valence-electron chi connectivity index (χ4n) is 2.43. The predicted octanol–water partition coefficient (Wildman–Crippen LogP) is 3.19. The maximum atomic E-state index is 13.7. The number of benzene rings is 2.